The molecule has 2 rings (SSSR count). The molecule has 1 N–H and O–H groups in total. The molecule has 0 atom stereocenters. The monoisotopic (exact) mass is 153 g/mol. The first-order valence-corrected chi connectivity index (χ1v) is 3.68. The molecule has 10 heavy (non-hydrogen) atoms. The topological polar surface area (TPSA) is 37.0 Å². The van der Waals surface area contributed by atoms with E-state index in [-0.39, 0.29) is 0 Å². The number of rotatable bonds is 0. The van der Waals surface area contributed by atoms with Gasteiger partial charge < -0.3 is 0 Å². The smallest absolute Gasteiger partial charge is 0.249 e. The van der Waals surface area contributed by atoms with Gasteiger partial charge in [-0.3, -0.25) is 5.21 Å². The lowest BCUT2D eigenvalue weighted by atomic mass is 10.5. The van der Waals surface area contributed by atoms with Crippen LogP contribution < -0.4 is 4.73 Å². The van der Waals surface area contributed by atoms with Gasteiger partial charge >= 0.3 is 0 Å². The summed E-state index contributed by atoms with van der Waals surface area (Å²) in [6.07, 6.45) is 3.16. The van der Waals surface area contributed by atoms with Crippen molar-refractivity contribution in [2.75, 3.05) is 0 Å². The summed E-state index contributed by atoms with van der Waals surface area (Å²) in [7, 11) is 0. The number of nitrogens with zero attached hydrogens (tertiary/aromatic N) is 2. The molecule has 2 heterocycles. The van der Waals surface area contributed by atoms with Crippen LogP contribution in [0.25, 0.3) is 10.2 Å². The maximum absolute atomic E-state index is 8.93. The Kier molecular flexibility index (Phi) is 1.07. The highest BCUT2D eigenvalue weighted by molar-refractivity contribution is 7.16. The van der Waals surface area contributed by atoms with E-state index in [0.29, 0.717) is 0 Å². The molecule has 2 aromatic heterocycles. The van der Waals surface area contributed by atoms with Gasteiger partial charge in [-0.2, -0.15) is 0 Å². The number of hydrogen-bond acceptors (Lipinski definition) is 3. The lowest BCUT2D eigenvalue weighted by molar-refractivity contribution is -0.904. The molecule has 0 radical (unpaired) electrons. The van der Waals surface area contributed by atoms with E-state index in [1.54, 1.807) is 29.2 Å². The van der Waals surface area contributed by atoms with Crippen molar-refractivity contribution in [3.05, 3.63) is 24.0 Å². The Bertz CT molecular complexity index is 357. The third kappa shape index (κ3) is 0.733. The van der Waals surface area contributed by atoms with Crippen molar-refractivity contribution >= 4 is 21.6 Å². The Morgan fingerprint density at radius 3 is 3.40 bits per heavy atom. The minimum Gasteiger partial charge on any atom is -0.285 e. The van der Waals surface area contributed by atoms with Gasteiger partial charge in [0.1, 0.15) is 5.52 Å². The maximum Gasteiger partial charge on any atom is 0.249 e. The number of thiazole rings is 1. The number of aromatic nitrogens is 2. The standard InChI is InChI=1S/C6H5N2OS/c9-8-2-1-6-5(3-8)7-4-10-6/h1-4,9H/q+1. The Morgan fingerprint density at radius 2 is 2.50 bits per heavy atom. The Balaban J connectivity index is 2.86. The lowest BCUT2D eigenvalue weighted by Gasteiger charge is -1.80. The van der Waals surface area contributed by atoms with Gasteiger partial charge in [-0.1, -0.05) is 0 Å². The highest BCUT2D eigenvalue weighted by Crippen LogP contribution is 2.13. The van der Waals surface area contributed by atoms with E-state index in [9.17, 15) is 0 Å². The van der Waals surface area contributed by atoms with Crippen LogP contribution >= 0.6 is 11.3 Å². The first kappa shape index (κ1) is 5.61. The van der Waals surface area contributed by atoms with Gasteiger partial charge in [0, 0.05) is 10.8 Å². The fourth-order valence-corrected chi connectivity index (χ4v) is 1.44. The summed E-state index contributed by atoms with van der Waals surface area (Å²) in [6.45, 7) is 0. The summed E-state index contributed by atoms with van der Waals surface area (Å²) in [5, 5.41) is 8.93. The summed E-state index contributed by atoms with van der Waals surface area (Å²) < 4.78 is 2.09. The first-order valence-electron chi connectivity index (χ1n) is 2.80. The predicted molar refractivity (Wildman–Crippen MR) is 37.0 cm³/mol. The molecule has 4 heteroatoms. The Hall–Kier alpha value is -1.16. The molecule has 0 unspecified atom stereocenters. The van der Waals surface area contributed by atoms with Crippen LogP contribution in [0.2, 0.25) is 0 Å². The second-order valence-electron chi connectivity index (χ2n) is 1.93. The van der Waals surface area contributed by atoms with Crippen LogP contribution in [-0.2, 0) is 0 Å². The molecule has 2 aromatic rings. The zero-order valence-corrected chi connectivity index (χ0v) is 5.88. The van der Waals surface area contributed by atoms with E-state index in [4.69, 9.17) is 5.21 Å². The zero-order valence-electron chi connectivity index (χ0n) is 5.06. The van der Waals surface area contributed by atoms with Crippen molar-refractivity contribution in [3.63, 3.8) is 0 Å². The second-order valence-corrected chi connectivity index (χ2v) is 2.81. The lowest BCUT2D eigenvalue weighted by Crippen LogP contribution is -2.27. The molecule has 0 spiro atoms. The van der Waals surface area contributed by atoms with Crippen molar-refractivity contribution in [3.8, 4) is 0 Å². The molecule has 50 valence electrons. The molecular weight excluding hydrogens is 148 g/mol. The third-order valence-electron chi connectivity index (χ3n) is 1.26. The molecule has 0 aliphatic heterocycles. The molecule has 3 nitrogen and oxygen atoms in total. The van der Waals surface area contributed by atoms with Crippen molar-refractivity contribution in [2.45, 2.75) is 0 Å². The van der Waals surface area contributed by atoms with E-state index >= 15 is 0 Å². The predicted octanol–water partition coefficient (Wildman–Crippen LogP) is 0.821. The molecule has 0 saturated heterocycles. The highest BCUT2D eigenvalue weighted by atomic mass is 32.1. The number of fused-ring (bicyclic) bond motifs is 1. The second kappa shape index (κ2) is 1.91. The molecule has 0 aliphatic carbocycles. The van der Waals surface area contributed by atoms with Crippen molar-refractivity contribution < 1.29 is 9.94 Å². The van der Waals surface area contributed by atoms with Crippen LogP contribution in [0.1, 0.15) is 0 Å². The van der Waals surface area contributed by atoms with E-state index in [0.717, 1.165) is 14.9 Å². The normalized spacial score (nSPS) is 10.4. The quantitative estimate of drug-likeness (QED) is 0.449. The highest BCUT2D eigenvalue weighted by Gasteiger charge is 2.01. The van der Waals surface area contributed by atoms with E-state index < -0.39 is 0 Å². The summed E-state index contributed by atoms with van der Waals surface area (Å²) >= 11 is 1.56. The van der Waals surface area contributed by atoms with Crippen LogP contribution in [-0.4, -0.2) is 10.2 Å². The van der Waals surface area contributed by atoms with E-state index in [2.05, 4.69) is 4.98 Å². The minimum atomic E-state index is 0.829. The Labute approximate surface area is 61.2 Å². The van der Waals surface area contributed by atoms with Crippen LogP contribution in [0.3, 0.4) is 0 Å². The van der Waals surface area contributed by atoms with Crippen molar-refractivity contribution in [1.29, 1.82) is 0 Å². The summed E-state index contributed by atoms with van der Waals surface area (Å²) in [5.74, 6) is 0. The molecule has 0 saturated carbocycles. The van der Waals surface area contributed by atoms with Gasteiger partial charge in [-0.05, 0) is 0 Å². The number of pyridine rings is 1. The average Bonchev–Trinajstić information content (AvgIpc) is 2.33. The Morgan fingerprint density at radius 1 is 1.60 bits per heavy atom. The van der Waals surface area contributed by atoms with Gasteiger partial charge in [0.15, 0.2) is 0 Å². The largest absolute Gasteiger partial charge is 0.285 e. The molecule has 0 aliphatic rings. The third-order valence-corrected chi connectivity index (χ3v) is 2.07. The van der Waals surface area contributed by atoms with Crippen molar-refractivity contribution in [1.82, 2.24) is 4.98 Å². The van der Waals surface area contributed by atoms with Gasteiger partial charge in [0.05, 0.1) is 10.2 Å². The van der Waals surface area contributed by atoms with Crippen LogP contribution in [0.15, 0.2) is 24.0 Å². The molecule has 0 amide bonds. The summed E-state index contributed by atoms with van der Waals surface area (Å²) in [6, 6.07) is 1.83. The van der Waals surface area contributed by atoms with Crippen LogP contribution in [0.4, 0.5) is 0 Å². The van der Waals surface area contributed by atoms with E-state index in [1.807, 2.05) is 6.07 Å². The van der Waals surface area contributed by atoms with E-state index in [1.165, 1.54) is 0 Å². The molecule has 0 bridgehead atoms. The minimum absolute atomic E-state index is 0.829. The average molecular weight is 153 g/mol. The fraction of sp³-hybridized carbons (Fsp3) is 0. The van der Waals surface area contributed by atoms with Crippen LogP contribution in [0, 0.1) is 0 Å². The molecule has 0 aromatic carbocycles. The molecule has 0 fully saturated rings. The van der Waals surface area contributed by atoms with Crippen LogP contribution in [0.5, 0.6) is 0 Å². The van der Waals surface area contributed by atoms with Crippen molar-refractivity contribution in [2.24, 2.45) is 0 Å². The van der Waals surface area contributed by atoms with Gasteiger partial charge in [0.25, 0.3) is 0 Å². The SMILES string of the molecule is O[n+]1ccc2scnc2c1. The number of hydrogen-bond donors (Lipinski definition) is 1. The fourth-order valence-electron chi connectivity index (χ4n) is 0.798. The summed E-state index contributed by atoms with van der Waals surface area (Å²) in [5.41, 5.74) is 2.58. The zero-order chi connectivity index (χ0) is 6.97. The first-order chi connectivity index (χ1) is 4.86. The summed E-state index contributed by atoms with van der Waals surface area (Å²) in [4.78, 5) is 4.02. The maximum atomic E-state index is 8.93. The van der Waals surface area contributed by atoms with Gasteiger partial charge in [0.2, 0.25) is 12.4 Å². The molecular formula is C6H5N2OS+. The van der Waals surface area contributed by atoms with Gasteiger partial charge in [-0.15, -0.1) is 11.3 Å². The van der Waals surface area contributed by atoms with Gasteiger partial charge in [-0.25, -0.2) is 4.98 Å².